The number of sulfonamides is 1. The van der Waals surface area contributed by atoms with Crippen LogP contribution in [0.15, 0.2) is 42.5 Å². The van der Waals surface area contributed by atoms with Crippen molar-refractivity contribution in [2.24, 2.45) is 0 Å². The zero-order chi connectivity index (χ0) is 21.6. The number of aryl methyl sites for hydroxylation is 1. The van der Waals surface area contributed by atoms with Crippen LogP contribution in [-0.2, 0) is 21.4 Å². The van der Waals surface area contributed by atoms with Crippen molar-refractivity contribution in [1.29, 1.82) is 0 Å². The lowest BCUT2D eigenvalue weighted by molar-refractivity contribution is -0.122. The van der Waals surface area contributed by atoms with Crippen LogP contribution in [0.2, 0.25) is 5.02 Å². The van der Waals surface area contributed by atoms with Crippen LogP contribution < -0.4 is 14.4 Å². The van der Waals surface area contributed by atoms with Gasteiger partial charge in [-0.1, -0.05) is 36.7 Å². The fourth-order valence-corrected chi connectivity index (χ4v) is 4.33. The van der Waals surface area contributed by atoms with Gasteiger partial charge in [0, 0.05) is 11.6 Å². The molecule has 0 unspecified atom stereocenters. The van der Waals surface area contributed by atoms with Crippen LogP contribution in [0.1, 0.15) is 31.4 Å². The van der Waals surface area contributed by atoms with E-state index >= 15 is 0 Å². The summed E-state index contributed by atoms with van der Waals surface area (Å²) < 4.78 is 31.5. The van der Waals surface area contributed by atoms with Crippen molar-refractivity contribution < 1.29 is 17.9 Å². The van der Waals surface area contributed by atoms with E-state index in [-0.39, 0.29) is 12.5 Å². The van der Waals surface area contributed by atoms with E-state index in [1.165, 1.54) is 0 Å². The average Bonchev–Trinajstić information content (AvgIpc) is 2.67. The molecule has 2 aromatic carbocycles. The number of nitrogens with one attached hydrogen (secondary N) is 1. The normalized spacial score (nSPS) is 12.3. The van der Waals surface area contributed by atoms with Gasteiger partial charge in [0.25, 0.3) is 0 Å². The van der Waals surface area contributed by atoms with Crippen molar-refractivity contribution in [3.63, 3.8) is 0 Å². The first kappa shape index (κ1) is 23.0. The number of benzene rings is 2. The van der Waals surface area contributed by atoms with E-state index in [1.807, 2.05) is 38.1 Å². The molecule has 2 aromatic rings. The van der Waals surface area contributed by atoms with E-state index in [1.54, 1.807) is 25.1 Å². The molecule has 8 heteroatoms. The van der Waals surface area contributed by atoms with Crippen molar-refractivity contribution in [3.8, 4) is 5.75 Å². The second-order valence-electron chi connectivity index (χ2n) is 6.71. The van der Waals surface area contributed by atoms with Crippen molar-refractivity contribution in [2.75, 3.05) is 17.2 Å². The number of carbonyl (C=O) groups is 1. The lowest BCUT2D eigenvalue weighted by Gasteiger charge is -2.30. The largest absolute Gasteiger partial charge is 0.494 e. The third kappa shape index (κ3) is 6.11. The number of anilines is 1. The number of halogens is 1. The molecule has 0 saturated carbocycles. The Morgan fingerprint density at radius 2 is 1.83 bits per heavy atom. The van der Waals surface area contributed by atoms with E-state index in [9.17, 15) is 13.2 Å². The fourth-order valence-electron chi connectivity index (χ4n) is 2.96. The molecule has 1 atom stereocenters. The van der Waals surface area contributed by atoms with Gasteiger partial charge in [-0.15, -0.1) is 0 Å². The Hall–Kier alpha value is -2.25. The summed E-state index contributed by atoms with van der Waals surface area (Å²) in [5.41, 5.74) is 2.09. The van der Waals surface area contributed by atoms with Crippen molar-refractivity contribution in [2.45, 2.75) is 39.8 Å². The Balaban J connectivity index is 2.20. The van der Waals surface area contributed by atoms with Crippen molar-refractivity contribution in [1.82, 2.24) is 5.32 Å². The van der Waals surface area contributed by atoms with Gasteiger partial charge in [-0.2, -0.15) is 0 Å². The van der Waals surface area contributed by atoms with Gasteiger partial charge in [-0.25, -0.2) is 8.42 Å². The summed E-state index contributed by atoms with van der Waals surface area (Å²) >= 11 is 6.18. The predicted molar refractivity (Wildman–Crippen MR) is 117 cm³/mol. The lowest BCUT2D eigenvalue weighted by Crippen LogP contribution is -2.49. The smallest absolute Gasteiger partial charge is 0.244 e. The molecule has 1 N–H and O–H groups in total. The Kier molecular flexibility index (Phi) is 7.93. The summed E-state index contributed by atoms with van der Waals surface area (Å²) in [6, 6.07) is 11.5. The molecule has 0 aromatic heterocycles. The van der Waals surface area contributed by atoms with Crippen LogP contribution in [0, 0.1) is 6.92 Å². The monoisotopic (exact) mass is 438 g/mol. The van der Waals surface area contributed by atoms with Crippen LogP contribution >= 0.6 is 11.6 Å². The Morgan fingerprint density at radius 1 is 1.17 bits per heavy atom. The van der Waals surface area contributed by atoms with Crippen molar-refractivity contribution >= 4 is 33.2 Å². The first-order valence-electron chi connectivity index (χ1n) is 9.42. The van der Waals surface area contributed by atoms with Crippen LogP contribution in [0.25, 0.3) is 0 Å². The molecular weight excluding hydrogens is 412 g/mol. The molecule has 0 fully saturated rings. The number of hydrogen-bond donors (Lipinski definition) is 1. The van der Waals surface area contributed by atoms with E-state index in [0.29, 0.717) is 23.7 Å². The molecule has 158 valence electrons. The highest BCUT2D eigenvalue weighted by molar-refractivity contribution is 7.92. The second-order valence-corrected chi connectivity index (χ2v) is 8.98. The van der Waals surface area contributed by atoms with Crippen LogP contribution in [0.4, 0.5) is 5.69 Å². The van der Waals surface area contributed by atoms with Gasteiger partial charge in [-0.05, 0) is 55.7 Å². The maximum absolute atomic E-state index is 12.9. The first-order chi connectivity index (χ1) is 13.7. The Bertz CT molecular complexity index is 946. The van der Waals surface area contributed by atoms with Gasteiger partial charge in [0.2, 0.25) is 15.9 Å². The highest BCUT2D eigenvalue weighted by Gasteiger charge is 2.31. The minimum Gasteiger partial charge on any atom is -0.494 e. The molecular formula is C21H27ClN2O4S. The van der Waals surface area contributed by atoms with Crippen LogP contribution in [0.5, 0.6) is 5.75 Å². The zero-order valence-electron chi connectivity index (χ0n) is 17.1. The van der Waals surface area contributed by atoms with Crippen molar-refractivity contribution in [3.05, 3.63) is 58.6 Å². The standard InChI is InChI=1S/C21H27ClN2O4S/c1-5-20(21(25)23-14-16-8-11-18(12-9-16)28-6-2)24(29(4,26)27)17-10-7-15(3)19(22)13-17/h7-13,20H,5-6,14H2,1-4H3,(H,23,25)/t20-/m0/s1. The van der Waals surface area contributed by atoms with E-state index in [4.69, 9.17) is 16.3 Å². The molecule has 0 aliphatic heterocycles. The lowest BCUT2D eigenvalue weighted by atomic mass is 10.1. The van der Waals surface area contributed by atoms with Crippen LogP contribution in [-0.4, -0.2) is 33.2 Å². The first-order valence-corrected chi connectivity index (χ1v) is 11.6. The second kappa shape index (κ2) is 9.98. The summed E-state index contributed by atoms with van der Waals surface area (Å²) in [5, 5.41) is 3.28. The van der Waals surface area contributed by atoms with Gasteiger partial charge >= 0.3 is 0 Å². The number of nitrogens with zero attached hydrogens (tertiary/aromatic N) is 1. The summed E-state index contributed by atoms with van der Waals surface area (Å²) in [6.07, 6.45) is 1.40. The maximum atomic E-state index is 12.9. The van der Waals surface area contributed by atoms with E-state index in [0.717, 1.165) is 27.4 Å². The summed E-state index contributed by atoms with van der Waals surface area (Å²) in [5.74, 6) is 0.386. The summed E-state index contributed by atoms with van der Waals surface area (Å²) in [4.78, 5) is 12.9. The van der Waals surface area contributed by atoms with Gasteiger partial charge in [0.15, 0.2) is 0 Å². The van der Waals surface area contributed by atoms with Crippen LogP contribution in [0.3, 0.4) is 0 Å². The number of carbonyl (C=O) groups excluding carboxylic acids is 1. The van der Waals surface area contributed by atoms with Gasteiger partial charge in [0.05, 0.1) is 18.6 Å². The van der Waals surface area contributed by atoms with E-state index < -0.39 is 16.1 Å². The molecule has 1 amide bonds. The zero-order valence-corrected chi connectivity index (χ0v) is 18.7. The minimum atomic E-state index is -3.70. The molecule has 0 radical (unpaired) electrons. The highest BCUT2D eigenvalue weighted by atomic mass is 35.5. The van der Waals surface area contributed by atoms with Gasteiger partial charge in [-0.3, -0.25) is 9.10 Å². The molecule has 6 nitrogen and oxygen atoms in total. The third-order valence-electron chi connectivity index (χ3n) is 4.44. The maximum Gasteiger partial charge on any atom is 0.244 e. The molecule has 2 rings (SSSR count). The Morgan fingerprint density at radius 3 is 2.34 bits per heavy atom. The highest BCUT2D eigenvalue weighted by Crippen LogP contribution is 2.27. The summed E-state index contributed by atoms with van der Waals surface area (Å²) in [6.45, 7) is 6.38. The number of ether oxygens (including phenoxy) is 1. The molecule has 0 heterocycles. The predicted octanol–water partition coefficient (Wildman–Crippen LogP) is 3.91. The Labute approximate surface area is 177 Å². The molecule has 0 aliphatic rings. The molecule has 29 heavy (non-hydrogen) atoms. The van der Waals surface area contributed by atoms with Gasteiger partial charge < -0.3 is 10.1 Å². The minimum absolute atomic E-state index is 0.286. The third-order valence-corrected chi connectivity index (χ3v) is 6.03. The molecule has 0 spiro atoms. The SMILES string of the molecule is CCOc1ccc(CNC(=O)[C@H](CC)N(c2ccc(C)c(Cl)c2)S(C)(=O)=O)cc1. The summed E-state index contributed by atoms with van der Waals surface area (Å²) in [7, 11) is -3.70. The molecule has 0 saturated heterocycles. The topological polar surface area (TPSA) is 75.7 Å². The average molecular weight is 439 g/mol. The number of amides is 1. The fraction of sp³-hybridized carbons (Fsp3) is 0.381. The number of hydrogen-bond acceptors (Lipinski definition) is 4. The molecule has 0 aliphatic carbocycles. The molecule has 0 bridgehead atoms. The van der Waals surface area contributed by atoms with Gasteiger partial charge in [0.1, 0.15) is 11.8 Å². The quantitative estimate of drug-likeness (QED) is 0.644. The number of rotatable bonds is 9. The van der Waals surface area contributed by atoms with E-state index in [2.05, 4.69) is 5.32 Å².